The molecule has 1 amide bonds. The van der Waals surface area contributed by atoms with Crippen LogP contribution in [0.15, 0.2) is 47.0 Å². The maximum Gasteiger partial charge on any atom is 0.267 e. The number of hydrazine groups is 1. The number of rotatable bonds is 5. The summed E-state index contributed by atoms with van der Waals surface area (Å²) in [6, 6.07) is 9.27. The van der Waals surface area contributed by atoms with Crippen molar-refractivity contribution in [3.05, 3.63) is 58.9 Å². The van der Waals surface area contributed by atoms with Crippen molar-refractivity contribution in [2.45, 2.75) is 6.04 Å². The van der Waals surface area contributed by atoms with Gasteiger partial charge in [-0.1, -0.05) is 6.07 Å². The van der Waals surface area contributed by atoms with Crippen LogP contribution >= 0.6 is 0 Å². The van der Waals surface area contributed by atoms with Crippen LogP contribution in [0.1, 0.15) is 17.2 Å². The highest BCUT2D eigenvalue weighted by Gasteiger charge is 2.43. The lowest BCUT2D eigenvalue weighted by atomic mass is 10.0. The molecule has 0 spiro atoms. The van der Waals surface area contributed by atoms with E-state index in [4.69, 9.17) is 14.2 Å². The van der Waals surface area contributed by atoms with Crippen molar-refractivity contribution in [3.63, 3.8) is 0 Å². The molecule has 7 nitrogen and oxygen atoms in total. The lowest BCUT2D eigenvalue weighted by molar-refractivity contribution is -0.138. The summed E-state index contributed by atoms with van der Waals surface area (Å²) in [5.41, 5.74) is 6.05. The summed E-state index contributed by atoms with van der Waals surface area (Å²) in [5.74, 6) is 0.992. The first-order valence-corrected chi connectivity index (χ1v) is 8.95. The number of fused-ring (bicyclic) bond motifs is 3. The van der Waals surface area contributed by atoms with E-state index in [1.807, 2.05) is 18.2 Å². The molecule has 1 heterocycles. The Hall–Kier alpha value is -3.39. The summed E-state index contributed by atoms with van der Waals surface area (Å²) in [6.07, 6.45) is 1.94. The second-order valence-corrected chi connectivity index (χ2v) is 6.59. The number of carbonyl (C=O) groups excluding carboxylic acids is 1. The molecule has 1 atom stereocenters. The first-order chi connectivity index (χ1) is 14.0. The van der Waals surface area contributed by atoms with E-state index in [9.17, 15) is 9.18 Å². The Bertz CT molecular complexity index is 1030. The Kier molecular flexibility index (Phi) is 4.94. The molecule has 150 valence electrons. The molecule has 1 N–H and O–H groups in total. The Morgan fingerprint density at radius 1 is 1.17 bits per heavy atom. The van der Waals surface area contributed by atoms with Crippen molar-refractivity contribution >= 4 is 23.5 Å². The third kappa shape index (κ3) is 3.31. The van der Waals surface area contributed by atoms with Crippen LogP contribution in [0.5, 0.6) is 11.5 Å². The SMILES string of the molecule is COCC(=O)N1NC(=Nc2cccc(F)c2)C2=Cc3cc(OC)c(OC)cc3C21. The van der Waals surface area contributed by atoms with Gasteiger partial charge >= 0.3 is 0 Å². The maximum absolute atomic E-state index is 13.6. The van der Waals surface area contributed by atoms with E-state index in [0.29, 0.717) is 23.0 Å². The number of nitrogens with one attached hydrogen (secondary N) is 1. The number of methoxy groups -OCH3 is 3. The number of amidine groups is 1. The maximum atomic E-state index is 13.6. The predicted molar refractivity (Wildman–Crippen MR) is 106 cm³/mol. The van der Waals surface area contributed by atoms with Crippen LogP contribution in [0, 0.1) is 5.82 Å². The van der Waals surface area contributed by atoms with E-state index in [1.54, 1.807) is 26.4 Å². The van der Waals surface area contributed by atoms with Gasteiger partial charge in [0.25, 0.3) is 5.91 Å². The summed E-state index contributed by atoms with van der Waals surface area (Å²) in [6.45, 7) is -0.0906. The van der Waals surface area contributed by atoms with Crippen molar-refractivity contribution in [2.75, 3.05) is 27.9 Å². The number of hydrogen-bond donors (Lipinski definition) is 1. The van der Waals surface area contributed by atoms with Crippen molar-refractivity contribution in [1.82, 2.24) is 10.4 Å². The summed E-state index contributed by atoms with van der Waals surface area (Å²) in [5, 5.41) is 1.48. The highest BCUT2D eigenvalue weighted by molar-refractivity contribution is 6.10. The lowest BCUT2D eigenvalue weighted by Gasteiger charge is -2.23. The van der Waals surface area contributed by atoms with E-state index >= 15 is 0 Å². The number of amides is 1. The fourth-order valence-corrected chi connectivity index (χ4v) is 3.57. The molecule has 2 aromatic rings. The van der Waals surface area contributed by atoms with Crippen molar-refractivity contribution in [3.8, 4) is 11.5 Å². The molecule has 8 heteroatoms. The minimum Gasteiger partial charge on any atom is -0.493 e. The zero-order chi connectivity index (χ0) is 20.5. The van der Waals surface area contributed by atoms with Gasteiger partial charge in [-0.15, -0.1) is 0 Å². The number of aliphatic imine (C=N–C) groups is 1. The van der Waals surface area contributed by atoms with Gasteiger partial charge in [-0.05, 0) is 47.5 Å². The minimum absolute atomic E-state index is 0.0906. The van der Waals surface area contributed by atoms with Crippen molar-refractivity contribution in [1.29, 1.82) is 0 Å². The quantitative estimate of drug-likeness (QED) is 0.840. The van der Waals surface area contributed by atoms with Gasteiger partial charge in [0.15, 0.2) is 17.3 Å². The molecule has 1 aliphatic carbocycles. The fourth-order valence-electron chi connectivity index (χ4n) is 3.57. The molecule has 1 unspecified atom stereocenters. The Morgan fingerprint density at radius 3 is 2.62 bits per heavy atom. The van der Waals surface area contributed by atoms with Gasteiger partial charge in [0.1, 0.15) is 18.5 Å². The normalized spacial score (nSPS) is 18.2. The van der Waals surface area contributed by atoms with Crippen molar-refractivity contribution in [2.24, 2.45) is 4.99 Å². The standard InChI is InChI=1S/C21H20FN3O4/c1-27-11-19(26)25-20-15-10-18(29-3)17(28-2)8-12(15)7-16(20)21(24-25)23-14-6-4-5-13(22)9-14/h4-10,20H,11H2,1-3H3,(H,23,24). The molecule has 0 bridgehead atoms. The Balaban J connectivity index is 1.81. The van der Waals surface area contributed by atoms with E-state index in [2.05, 4.69) is 10.4 Å². The van der Waals surface area contributed by atoms with Crippen LogP contribution in [0.25, 0.3) is 6.08 Å². The molecule has 0 aromatic heterocycles. The van der Waals surface area contributed by atoms with Crippen LogP contribution in [-0.2, 0) is 9.53 Å². The number of carbonyl (C=O) groups is 1. The topological polar surface area (TPSA) is 72.4 Å². The number of halogens is 1. The van der Waals surface area contributed by atoms with Gasteiger partial charge < -0.3 is 14.2 Å². The highest BCUT2D eigenvalue weighted by Crippen LogP contribution is 2.46. The van der Waals surface area contributed by atoms with Gasteiger partial charge in [0, 0.05) is 12.7 Å². The lowest BCUT2D eigenvalue weighted by Crippen LogP contribution is -2.42. The Morgan fingerprint density at radius 2 is 1.93 bits per heavy atom. The van der Waals surface area contributed by atoms with E-state index in [-0.39, 0.29) is 18.3 Å². The minimum atomic E-state index is -0.403. The van der Waals surface area contributed by atoms with Gasteiger partial charge in [-0.25, -0.2) is 14.4 Å². The van der Waals surface area contributed by atoms with Crippen LogP contribution in [0.3, 0.4) is 0 Å². The van der Waals surface area contributed by atoms with Crippen molar-refractivity contribution < 1.29 is 23.4 Å². The number of nitrogens with zero attached hydrogens (tertiary/aromatic N) is 2. The smallest absolute Gasteiger partial charge is 0.267 e. The number of benzene rings is 2. The third-order valence-electron chi connectivity index (χ3n) is 4.83. The van der Waals surface area contributed by atoms with Crippen LogP contribution in [-0.4, -0.2) is 44.7 Å². The summed E-state index contributed by atoms with van der Waals surface area (Å²) < 4.78 is 29.4. The zero-order valence-corrected chi connectivity index (χ0v) is 16.2. The molecule has 0 radical (unpaired) electrons. The van der Waals surface area contributed by atoms with Gasteiger partial charge in [-0.3, -0.25) is 10.2 Å². The van der Waals surface area contributed by atoms with Gasteiger partial charge in [0.2, 0.25) is 0 Å². The van der Waals surface area contributed by atoms with Crippen LogP contribution in [0.2, 0.25) is 0 Å². The van der Waals surface area contributed by atoms with Crippen LogP contribution in [0.4, 0.5) is 10.1 Å². The third-order valence-corrected chi connectivity index (χ3v) is 4.83. The molecular weight excluding hydrogens is 377 g/mol. The van der Waals surface area contributed by atoms with E-state index in [1.165, 1.54) is 24.3 Å². The largest absolute Gasteiger partial charge is 0.493 e. The second kappa shape index (κ2) is 7.56. The van der Waals surface area contributed by atoms with Gasteiger partial charge in [-0.2, -0.15) is 0 Å². The molecule has 1 saturated heterocycles. The van der Waals surface area contributed by atoms with Crippen LogP contribution < -0.4 is 14.9 Å². The highest BCUT2D eigenvalue weighted by atomic mass is 19.1. The molecule has 2 aromatic carbocycles. The fraction of sp³-hybridized carbons (Fsp3) is 0.238. The molecule has 1 aliphatic heterocycles. The predicted octanol–water partition coefficient (Wildman–Crippen LogP) is 3.00. The molecule has 29 heavy (non-hydrogen) atoms. The molecule has 2 aliphatic rings. The molecular formula is C21H20FN3O4. The second-order valence-electron chi connectivity index (χ2n) is 6.59. The monoisotopic (exact) mass is 397 g/mol. The summed E-state index contributed by atoms with van der Waals surface area (Å²) in [4.78, 5) is 17.2. The molecule has 4 rings (SSSR count). The Labute approximate surface area is 167 Å². The first-order valence-electron chi connectivity index (χ1n) is 8.95. The first kappa shape index (κ1) is 18.9. The van der Waals surface area contributed by atoms with Gasteiger partial charge in [0.05, 0.1) is 19.9 Å². The number of ether oxygens (including phenoxy) is 3. The van der Waals surface area contributed by atoms with E-state index < -0.39 is 6.04 Å². The summed E-state index contributed by atoms with van der Waals surface area (Å²) in [7, 11) is 4.59. The number of hydrogen-bond acceptors (Lipinski definition) is 5. The zero-order valence-electron chi connectivity index (χ0n) is 16.2. The molecule has 1 fully saturated rings. The summed E-state index contributed by atoms with van der Waals surface area (Å²) >= 11 is 0. The van der Waals surface area contributed by atoms with E-state index in [0.717, 1.165) is 16.7 Å². The average Bonchev–Trinajstić information content (AvgIpc) is 3.24. The average molecular weight is 397 g/mol. The molecule has 0 saturated carbocycles.